The van der Waals surface area contributed by atoms with Crippen LogP contribution in [-0.2, 0) is 4.79 Å². The summed E-state index contributed by atoms with van der Waals surface area (Å²) in [6.07, 6.45) is 2.78. The highest BCUT2D eigenvalue weighted by molar-refractivity contribution is 5.95. The number of aliphatic carboxylic acids is 1. The lowest BCUT2D eigenvalue weighted by molar-refractivity contribution is -0.139. The molecule has 0 aliphatic carbocycles. The molecule has 0 spiro atoms. The minimum Gasteiger partial charge on any atom is -0.480 e. The van der Waals surface area contributed by atoms with Gasteiger partial charge in [0.1, 0.15) is 11.7 Å². The summed E-state index contributed by atoms with van der Waals surface area (Å²) in [6.45, 7) is -0.324. The number of imidazole rings is 1. The number of benzene rings is 1. The van der Waals surface area contributed by atoms with Crippen LogP contribution < -0.4 is 5.32 Å². The molecule has 1 aromatic carbocycles. The third-order valence-electron chi connectivity index (χ3n) is 2.93. The molecule has 110 valence electrons. The number of aliphatic hydroxyl groups excluding tert-OH is 1. The molecule has 1 aromatic heterocycles. The Kier molecular flexibility index (Phi) is 4.68. The van der Waals surface area contributed by atoms with E-state index >= 15 is 0 Å². The van der Waals surface area contributed by atoms with E-state index in [1.165, 1.54) is 12.5 Å². The van der Waals surface area contributed by atoms with Gasteiger partial charge in [0.05, 0.1) is 12.5 Å². The van der Waals surface area contributed by atoms with Crippen LogP contribution in [0.2, 0.25) is 0 Å². The van der Waals surface area contributed by atoms with Gasteiger partial charge in [-0.2, -0.15) is 0 Å². The zero-order chi connectivity index (χ0) is 15.2. The van der Waals surface area contributed by atoms with Gasteiger partial charge in [-0.15, -0.1) is 0 Å². The topological polar surface area (TPSA) is 104 Å². The third kappa shape index (κ3) is 3.46. The Morgan fingerprint density at radius 2 is 2.00 bits per heavy atom. The number of carboxylic acids is 1. The van der Waals surface area contributed by atoms with Crippen LogP contribution in [0.15, 0.2) is 42.9 Å². The number of nitrogens with zero attached hydrogens (tertiary/aromatic N) is 2. The maximum absolute atomic E-state index is 12.2. The molecule has 1 heterocycles. The smallest absolute Gasteiger partial charge is 0.326 e. The lowest BCUT2D eigenvalue weighted by Gasteiger charge is -2.14. The van der Waals surface area contributed by atoms with E-state index in [2.05, 4.69) is 10.3 Å². The van der Waals surface area contributed by atoms with E-state index in [-0.39, 0.29) is 18.7 Å². The molecule has 3 N–H and O–H groups in total. The van der Waals surface area contributed by atoms with Crippen molar-refractivity contribution in [1.29, 1.82) is 0 Å². The van der Waals surface area contributed by atoms with Crippen LogP contribution in [0.25, 0.3) is 5.69 Å². The number of aromatic nitrogens is 2. The summed E-state index contributed by atoms with van der Waals surface area (Å²) < 4.78 is 1.56. The van der Waals surface area contributed by atoms with E-state index in [4.69, 9.17) is 10.2 Å². The lowest BCUT2D eigenvalue weighted by Crippen LogP contribution is -2.42. The number of carbonyl (C=O) groups excluding carboxylic acids is 1. The Bertz CT molecular complexity index is 624. The molecular weight excluding hydrogens is 274 g/mol. The van der Waals surface area contributed by atoms with Gasteiger partial charge < -0.3 is 15.5 Å². The molecule has 0 fully saturated rings. The van der Waals surface area contributed by atoms with Gasteiger partial charge in [0, 0.05) is 18.7 Å². The molecule has 0 unspecified atom stereocenters. The van der Waals surface area contributed by atoms with Crippen LogP contribution in [0, 0.1) is 0 Å². The van der Waals surface area contributed by atoms with Gasteiger partial charge in [0.25, 0.3) is 5.91 Å². The van der Waals surface area contributed by atoms with Crippen LogP contribution in [0.3, 0.4) is 0 Å². The van der Waals surface area contributed by atoms with Crippen LogP contribution in [0.4, 0.5) is 0 Å². The van der Waals surface area contributed by atoms with E-state index in [0.717, 1.165) is 5.69 Å². The van der Waals surface area contributed by atoms with Gasteiger partial charge in [-0.1, -0.05) is 18.2 Å². The van der Waals surface area contributed by atoms with Crippen molar-refractivity contribution < 1.29 is 19.8 Å². The Morgan fingerprint density at radius 3 is 2.62 bits per heavy atom. The minimum absolute atomic E-state index is 0.0550. The predicted octanol–water partition coefficient (Wildman–Crippen LogP) is 0.438. The summed E-state index contributed by atoms with van der Waals surface area (Å²) in [6, 6.07) is 7.97. The summed E-state index contributed by atoms with van der Waals surface area (Å²) in [7, 11) is 0. The number of amides is 1. The van der Waals surface area contributed by atoms with Crippen molar-refractivity contribution in [2.24, 2.45) is 0 Å². The number of carboxylic acid groups (broad SMARTS) is 1. The maximum atomic E-state index is 12.2. The maximum Gasteiger partial charge on any atom is 0.326 e. The van der Waals surface area contributed by atoms with Crippen LogP contribution in [0.5, 0.6) is 0 Å². The van der Waals surface area contributed by atoms with E-state index in [1.54, 1.807) is 16.7 Å². The van der Waals surface area contributed by atoms with Crippen LogP contribution in [0.1, 0.15) is 16.9 Å². The van der Waals surface area contributed by atoms with Crippen molar-refractivity contribution in [3.05, 3.63) is 48.5 Å². The molecule has 1 atom stereocenters. The summed E-state index contributed by atoms with van der Waals surface area (Å²) in [5, 5.41) is 20.2. The molecule has 0 saturated heterocycles. The predicted molar refractivity (Wildman–Crippen MR) is 74.2 cm³/mol. The Balaban J connectivity index is 2.21. The first kappa shape index (κ1) is 14.7. The first-order chi connectivity index (χ1) is 10.1. The Hall–Kier alpha value is -2.67. The lowest BCUT2D eigenvalue weighted by atomic mass is 10.2. The van der Waals surface area contributed by atoms with Gasteiger partial charge in [0.2, 0.25) is 0 Å². The molecule has 7 nitrogen and oxygen atoms in total. The van der Waals surface area contributed by atoms with Crippen molar-refractivity contribution in [2.45, 2.75) is 12.5 Å². The Labute approximate surface area is 120 Å². The van der Waals surface area contributed by atoms with E-state index < -0.39 is 17.9 Å². The van der Waals surface area contributed by atoms with Crippen molar-refractivity contribution >= 4 is 11.9 Å². The highest BCUT2D eigenvalue weighted by Gasteiger charge is 2.22. The number of nitrogens with one attached hydrogen (secondary N) is 1. The molecule has 2 aromatic rings. The fourth-order valence-corrected chi connectivity index (χ4v) is 1.88. The van der Waals surface area contributed by atoms with Gasteiger partial charge >= 0.3 is 5.97 Å². The molecule has 7 heteroatoms. The fourth-order valence-electron chi connectivity index (χ4n) is 1.88. The average Bonchev–Trinajstić information content (AvgIpc) is 2.97. The number of carbonyl (C=O) groups is 2. The zero-order valence-electron chi connectivity index (χ0n) is 11.1. The molecule has 0 radical (unpaired) electrons. The fraction of sp³-hybridized carbons (Fsp3) is 0.214. The van der Waals surface area contributed by atoms with E-state index in [9.17, 15) is 9.59 Å². The van der Waals surface area contributed by atoms with Gasteiger partial charge in [0.15, 0.2) is 0 Å². The first-order valence-corrected chi connectivity index (χ1v) is 6.35. The van der Waals surface area contributed by atoms with Gasteiger partial charge in [-0.3, -0.25) is 9.36 Å². The van der Waals surface area contributed by atoms with E-state index in [0.29, 0.717) is 0 Å². The third-order valence-corrected chi connectivity index (χ3v) is 2.93. The molecular formula is C14H15N3O4. The highest BCUT2D eigenvalue weighted by Crippen LogP contribution is 2.11. The molecule has 0 aliphatic heterocycles. The Morgan fingerprint density at radius 1 is 1.29 bits per heavy atom. The summed E-state index contributed by atoms with van der Waals surface area (Å²) in [4.78, 5) is 27.1. The highest BCUT2D eigenvalue weighted by atomic mass is 16.4. The molecule has 0 bridgehead atoms. The molecule has 0 aliphatic rings. The summed E-state index contributed by atoms with van der Waals surface area (Å²) in [5.74, 6) is -1.75. The minimum atomic E-state index is -1.19. The van der Waals surface area contributed by atoms with Crippen LogP contribution >= 0.6 is 0 Å². The average molecular weight is 289 g/mol. The number of rotatable bonds is 6. The number of hydrogen-bond donors (Lipinski definition) is 3. The first-order valence-electron chi connectivity index (χ1n) is 6.35. The standard InChI is InChI=1S/C14H15N3O4/c18-7-6-11(14(20)21)16-13(19)12-8-15-9-17(12)10-4-2-1-3-5-10/h1-5,8-9,11,18H,6-7H2,(H,16,19)(H,20,21)/t11-/m1/s1. The van der Waals surface area contributed by atoms with Crippen molar-refractivity contribution in [2.75, 3.05) is 6.61 Å². The van der Waals surface area contributed by atoms with Crippen molar-refractivity contribution in [3.63, 3.8) is 0 Å². The largest absolute Gasteiger partial charge is 0.480 e. The SMILES string of the molecule is O=C(N[C@H](CCO)C(=O)O)c1cncn1-c1ccccc1. The molecule has 21 heavy (non-hydrogen) atoms. The zero-order valence-corrected chi connectivity index (χ0v) is 11.1. The van der Waals surface area contributed by atoms with Crippen molar-refractivity contribution in [1.82, 2.24) is 14.9 Å². The van der Waals surface area contributed by atoms with Gasteiger partial charge in [-0.25, -0.2) is 9.78 Å². The quantitative estimate of drug-likeness (QED) is 0.715. The second-order valence-corrected chi connectivity index (χ2v) is 4.36. The molecule has 1 amide bonds. The second-order valence-electron chi connectivity index (χ2n) is 4.36. The summed E-state index contributed by atoms with van der Waals surface area (Å²) >= 11 is 0. The molecule has 0 saturated carbocycles. The normalized spacial score (nSPS) is 11.9. The summed E-state index contributed by atoms with van der Waals surface area (Å²) in [5.41, 5.74) is 0.972. The van der Waals surface area contributed by atoms with E-state index in [1.807, 2.05) is 18.2 Å². The monoisotopic (exact) mass is 289 g/mol. The second kappa shape index (κ2) is 6.67. The number of hydrogen-bond acceptors (Lipinski definition) is 4. The number of aliphatic hydroxyl groups is 1. The van der Waals surface area contributed by atoms with Crippen molar-refractivity contribution in [3.8, 4) is 5.69 Å². The van der Waals surface area contributed by atoms with Crippen LogP contribution in [-0.4, -0.2) is 44.3 Å². The molecule has 2 rings (SSSR count). The van der Waals surface area contributed by atoms with Gasteiger partial charge in [-0.05, 0) is 12.1 Å². The number of para-hydroxylation sites is 1.